The van der Waals surface area contributed by atoms with Crippen LogP contribution in [0.2, 0.25) is 5.02 Å². The highest BCUT2D eigenvalue weighted by molar-refractivity contribution is 6.32. The summed E-state index contributed by atoms with van der Waals surface area (Å²) in [5, 5.41) is 0.0733. The SMILES string of the molecule is COc1cc(C2CCN(C)CC2)cc(F)c1Cl. The molecule has 1 saturated heterocycles. The van der Waals surface area contributed by atoms with Gasteiger partial charge in [-0.15, -0.1) is 0 Å². The number of hydrogen-bond acceptors (Lipinski definition) is 2. The Kier molecular flexibility index (Phi) is 3.89. The van der Waals surface area contributed by atoms with Crippen LogP contribution in [0.15, 0.2) is 12.1 Å². The van der Waals surface area contributed by atoms with E-state index in [0.717, 1.165) is 31.5 Å². The summed E-state index contributed by atoms with van der Waals surface area (Å²) in [7, 11) is 3.62. The third-order valence-electron chi connectivity index (χ3n) is 3.43. The maximum Gasteiger partial charge on any atom is 0.145 e. The van der Waals surface area contributed by atoms with Crippen LogP contribution in [0, 0.1) is 5.82 Å². The Morgan fingerprint density at radius 3 is 2.59 bits per heavy atom. The van der Waals surface area contributed by atoms with E-state index in [1.807, 2.05) is 6.07 Å². The van der Waals surface area contributed by atoms with Gasteiger partial charge in [-0.3, -0.25) is 0 Å². The van der Waals surface area contributed by atoms with Gasteiger partial charge < -0.3 is 9.64 Å². The van der Waals surface area contributed by atoms with Crippen molar-refractivity contribution < 1.29 is 9.13 Å². The van der Waals surface area contributed by atoms with E-state index in [4.69, 9.17) is 16.3 Å². The summed E-state index contributed by atoms with van der Waals surface area (Å²) < 4.78 is 18.7. The largest absolute Gasteiger partial charge is 0.495 e. The third-order valence-corrected chi connectivity index (χ3v) is 3.79. The molecule has 0 spiro atoms. The summed E-state index contributed by atoms with van der Waals surface area (Å²) in [5.74, 6) is 0.451. The van der Waals surface area contributed by atoms with Gasteiger partial charge in [0.1, 0.15) is 16.6 Å². The second-order valence-electron chi connectivity index (χ2n) is 4.60. The molecule has 1 aliphatic rings. The van der Waals surface area contributed by atoms with Crippen molar-refractivity contribution in [2.75, 3.05) is 27.2 Å². The first-order valence-corrected chi connectivity index (χ1v) is 6.21. The molecule has 1 heterocycles. The molecule has 1 fully saturated rings. The van der Waals surface area contributed by atoms with E-state index >= 15 is 0 Å². The Balaban J connectivity index is 2.24. The predicted molar refractivity (Wildman–Crippen MR) is 67.4 cm³/mol. The van der Waals surface area contributed by atoms with E-state index in [2.05, 4.69) is 11.9 Å². The zero-order valence-corrected chi connectivity index (χ0v) is 10.9. The molecule has 94 valence electrons. The fourth-order valence-electron chi connectivity index (χ4n) is 2.31. The fraction of sp³-hybridized carbons (Fsp3) is 0.538. The van der Waals surface area contributed by atoms with Crippen LogP contribution >= 0.6 is 11.6 Å². The number of piperidine rings is 1. The second-order valence-corrected chi connectivity index (χ2v) is 4.97. The molecule has 0 radical (unpaired) electrons. The molecule has 2 nitrogen and oxygen atoms in total. The summed E-state index contributed by atoms with van der Waals surface area (Å²) in [6.45, 7) is 2.11. The van der Waals surface area contributed by atoms with E-state index in [-0.39, 0.29) is 10.8 Å². The molecular formula is C13H17ClFNO. The molecule has 0 aromatic heterocycles. The molecule has 0 unspecified atom stereocenters. The van der Waals surface area contributed by atoms with E-state index in [1.165, 1.54) is 7.11 Å². The topological polar surface area (TPSA) is 12.5 Å². The normalized spacial score (nSPS) is 18.4. The van der Waals surface area contributed by atoms with Gasteiger partial charge in [-0.25, -0.2) is 4.39 Å². The highest BCUT2D eigenvalue weighted by atomic mass is 35.5. The Morgan fingerprint density at radius 1 is 1.35 bits per heavy atom. The van der Waals surface area contributed by atoms with Crippen molar-refractivity contribution in [3.8, 4) is 5.75 Å². The van der Waals surface area contributed by atoms with Gasteiger partial charge >= 0.3 is 0 Å². The van der Waals surface area contributed by atoms with Gasteiger partial charge in [-0.1, -0.05) is 11.6 Å². The van der Waals surface area contributed by atoms with E-state index in [0.29, 0.717) is 11.7 Å². The summed E-state index contributed by atoms with van der Waals surface area (Å²) in [5.41, 5.74) is 0.997. The lowest BCUT2D eigenvalue weighted by Crippen LogP contribution is -2.29. The van der Waals surface area contributed by atoms with Gasteiger partial charge in [0, 0.05) is 0 Å². The molecule has 4 heteroatoms. The predicted octanol–water partition coefficient (Wildman–Crippen LogP) is 3.30. The van der Waals surface area contributed by atoms with E-state index in [1.54, 1.807) is 6.07 Å². The fourth-order valence-corrected chi connectivity index (χ4v) is 2.50. The van der Waals surface area contributed by atoms with E-state index < -0.39 is 0 Å². The summed E-state index contributed by atoms with van der Waals surface area (Å²) in [6.07, 6.45) is 2.11. The zero-order chi connectivity index (χ0) is 12.4. The number of ether oxygens (including phenoxy) is 1. The molecule has 1 aromatic carbocycles. The third kappa shape index (κ3) is 2.72. The zero-order valence-electron chi connectivity index (χ0n) is 10.2. The average molecular weight is 258 g/mol. The highest BCUT2D eigenvalue weighted by Crippen LogP contribution is 2.35. The van der Waals surface area contributed by atoms with Gasteiger partial charge in [0.15, 0.2) is 0 Å². The van der Waals surface area contributed by atoms with Crippen molar-refractivity contribution in [1.29, 1.82) is 0 Å². The first-order chi connectivity index (χ1) is 8.11. The van der Waals surface area contributed by atoms with Crippen LogP contribution in [0.3, 0.4) is 0 Å². The van der Waals surface area contributed by atoms with Crippen molar-refractivity contribution in [3.05, 3.63) is 28.5 Å². The number of methoxy groups -OCH3 is 1. The first-order valence-electron chi connectivity index (χ1n) is 5.83. The number of halogens is 2. The molecule has 0 bridgehead atoms. The summed E-state index contributed by atoms with van der Waals surface area (Å²) >= 11 is 5.82. The molecule has 17 heavy (non-hydrogen) atoms. The van der Waals surface area contributed by atoms with Crippen LogP contribution < -0.4 is 4.74 Å². The van der Waals surface area contributed by atoms with Crippen LogP contribution in [0.1, 0.15) is 24.3 Å². The maximum atomic E-state index is 13.6. The number of rotatable bonds is 2. The van der Waals surface area contributed by atoms with Crippen LogP contribution in [-0.2, 0) is 0 Å². The van der Waals surface area contributed by atoms with Gasteiger partial charge in [0.05, 0.1) is 7.11 Å². The molecular weight excluding hydrogens is 241 g/mol. The first kappa shape index (κ1) is 12.7. The van der Waals surface area contributed by atoms with Crippen molar-refractivity contribution in [2.45, 2.75) is 18.8 Å². The lowest BCUT2D eigenvalue weighted by atomic mass is 9.89. The number of benzene rings is 1. The number of nitrogens with zero attached hydrogens (tertiary/aromatic N) is 1. The Labute approximate surface area is 106 Å². The molecule has 0 atom stereocenters. The Hall–Kier alpha value is -0.800. The van der Waals surface area contributed by atoms with E-state index in [9.17, 15) is 4.39 Å². The van der Waals surface area contributed by atoms with Crippen molar-refractivity contribution in [3.63, 3.8) is 0 Å². The highest BCUT2D eigenvalue weighted by Gasteiger charge is 2.21. The number of likely N-dealkylation sites (tertiary alicyclic amines) is 1. The molecule has 1 aromatic rings. The number of hydrogen-bond donors (Lipinski definition) is 0. The van der Waals surface area contributed by atoms with Gasteiger partial charge in [-0.05, 0) is 56.6 Å². The maximum absolute atomic E-state index is 13.6. The second kappa shape index (κ2) is 5.23. The Morgan fingerprint density at radius 2 is 2.00 bits per heavy atom. The summed E-state index contributed by atoms with van der Waals surface area (Å²) in [6, 6.07) is 3.40. The van der Waals surface area contributed by atoms with Gasteiger partial charge in [-0.2, -0.15) is 0 Å². The molecule has 0 N–H and O–H groups in total. The van der Waals surface area contributed by atoms with Crippen molar-refractivity contribution >= 4 is 11.6 Å². The lowest BCUT2D eigenvalue weighted by Gasteiger charge is -2.29. The van der Waals surface area contributed by atoms with Crippen LogP contribution in [0.25, 0.3) is 0 Å². The van der Waals surface area contributed by atoms with Crippen molar-refractivity contribution in [2.24, 2.45) is 0 Å². The minimum Gasteiger partial charge on any atom is -0.495 e. The standard InChI is InChI=1S/C13H17ClFNO/c1-16-5-3-9(4-6-16)10-7-11(15)13(14)12(8-10)17-2/h7-9H,3-6H2,1-2H3. The van der Waals surface area contributed by atoms with Crippen LogP contribution in [0.4, 0.5) is 4.39 Å². The monoisotopic (exact) mass is 257 g/mol. The lowest BCUT2D eigenvalue weighted by molar-refractivity contribution is 0.255. The van der Waals surface area contributed by atoms with Crippen LogP contribution in [-0.4, -0.2) is 32.1 Å². The average Bonchev–Trinajstić information content (AvgIpc) is 2.33. The van der Waals surface area contributed by atoms with Crippen LogP contribution in [0.5, 0.6) is 5.75 Å². The minimum absolute atomic E-state index is 0.0733. The molecule has 2 rings (SSSR count). The molecule has 0 amide bonds. The molecule has 0 aliphatic carbocycles. The molecule has 1 aliphatic heterocycles. The smallest absolute Gasteiger partial charge is 0.145 e. The minimum atomic E-state index is -0.389. The quantitative estimate of drug-likeness (QED) is 0.806. The van der Waals surface area contributed by atoms with Gasteiger partial charge in [0.2, 0.25) is 0 Å². The Bertz CT molecular complexity index is 403. The molecule has 0 saturated carbocycles. The van der Waals surface area contributed by atoms with Crippen molar-refractivity contribution in [1.82, 2.24) is 4.90 Å². The van der Waals surface area contributed by atoms with Gasteiger partial charge in [0.25, 0.3) is 0 Å². The summed E-state index contributed by atoms with van der Waals surface area (Å²) in [4.78, 5) is 2.29.